The Morgan fingerprint density at radius 2 is 0.724 bits per heavy atom. The number of aryl methyl sites for hydroxylation is 2. The third-order valence-electron chi connectivity index (χ3n) is 21.2. The molecule has 0 radical (unpaired) electrons. The Morgan fingerprint density at radius 1 is 0.286 bits per heavy atom. The van der Waals surface area contributed by atoms with E-state index >= 15 is 0 Å². The second-order valence-electron chi connectivity index (χ2n) is 29.3. The topological polar surface area (TPSA) is 6.48 Å². The van der Waals surface area contributed by atoms with E-state index in [0.29, 0.717) is 0 Å². The van der Waals surface area contributed by atoms with Gasteiger partial charge >= 0.3 is 0 Å². The molecule has 17 rings (SSSR count). The molecular formula is C95H77BN2. The fraction of sp³-hybridized carbons (Fsp3) is 0.116. The molecule has 2 aliphatic heterocycles. The van der Waals surface area contributed by atoms with Crippen molar-refractivity contribution in [3.8, 4) is 77.9 Å². The van der Waals surface area contributed by atoms with Gasteiger partial charge in [0.1, 0.15) is 0 Å². The highest BCUT2D eigenvalue weighted by molar-refractivity contribution is 7.00. The van der Waals surface area contributed by atoms with Crippen LogP contribution in [-0.2, 0) is 16.2 Å². The molecule has 0 unspecified atom stereocenters. The summed E-state index contributed by atoms with van der Waals surface area (Å²) in [7, 11) is 0. The van der Waals surface area contributed by atoms with E-state index < -0.39 is 5.41 Å². The zero-order chi connectivity index (χ0) is 66.6. The van der Waals surface area contributed by atoms with E-state index in [1.165, 1.54) is 99.8 Å². The van der Waals surface area contributed by atoms with E-state index in [4.69, 9.17) is 0 Å². The van der Waals surface area contributed by atoms with Gasteiger partial charge < -0.3 is 9.80 Å². The molecule has 0 atom stereocenters. The van der Waals surface area contributed by atoms with Crippen molar-refractivity contribution in [3.05, 3.63) is 366 Å². The summed E-state index contributed by atoms with van der Waals surface area (Å²) < 4.78 is 0. The van der Waals surface area contributed by atoms with Crippen molar-refractivity contribution in [3.63, 3.8) is 0 Å². The molecule has 3 aliphatic rings. The van der Waals surface area contributed by atoms with Gasteiger partial charge in [-0.1, -0.05) is 338 Å². The minimum Gasteiger partial charge on any atom is -0.311 e. The van der Waals surface area contributed by atoms with Crippen LogP contribution in [0.25, 0.3) is 77.9 Å². The van der Waals surface area contributed by atoms with Crippen molar-refractivity contribution in [1.29, 1.82) is 0 Å². The van der Waals surface area contributed by atoms with Crippen LogP contribution in [0.1, 0.15) is 86.1 Å². The first kappa shape index (κ1) is 60.4. The van der Waals surface area contributed by atoms with E-state index in [-0.39, 0.29) is 17.5 Å². The molecule has 0 amide bonds. The lowest BCUT2D eigenvalue weighted by Gasteiger charge is -2.46. The molecule has 14 aromatic carbocycles. The number of hydrogen-bond acceptors (Lipinski definition) is 2. The number of nitrogens with zero attached hydrogens (tertiary/aromatic N) is 2. The van der Waals surface area contributed by atoms with Crippen molar-refractivity contribution in [2.45, 2.75) is 71.6 Å². The van der Waals surface area contributed by atoms with Crippen LogP contribution in [0.2, 0.25) is 0 Å². The zero-order valence-corrected chi connectivity index (χ0v) is 57.1. The van der Waals surface area contributed by atoms with Crippen molar-refractivity contribution in [1.82, 2.24) is 0 Å². The summed E-state index contributed by atoms with van der Waals surface area (Å²) in [5.41, 5.74) is 36.7. The van der Waals surface area contributed by atoms with Crippen molar-refractivity contribution in [2.24, 2.45) is 0 Å². The van der Waals surface area contributed by atoms with E-state index in [2.05, 4.69) is 387 Å². The molecular weight excluding hydrogens is 1180 g/mol. The van der Waals surface area contributed by atoms with Gasteiger partial charge in [0.2, 0.25) is 0 Å². The minimum atomic E-state index is -0.567. The largest absolute Gasteiger partial charge is 0.311 e. The fourth-order valence-corrected chi connectivity index (χ4v) is 16.6. The Balaban J connectivity index is 1.03. The van der Waals surface area contributed by atoms with Crippen LogP contribution in [0.5, 0.6) is 0 Å². The van der Waals surface area contributed by atoms with E-state index in [0.717, 1.165) is 73.1 Å². The van der Waals surface area contributed by atoms with Gasteiger partial charge in [0.25, 0.3) is 6.71 Å². The lowest BCUT2D eigenvalue weighted by molar-refractivity contribution is 0.569. The van der Waals surface area contributed by atoms with Gasteiger partial charge in [0, 0.05) is 39.4 Å². The molecule has 0 saturated carbocycles. The van der Waals surface area contributed by atoms with E-state index in [1.54, 1.807) is 0 Å². The number of anilines is 6. The van der Waals surface area contributed by atoms with E-state index in [9.17, 15) is 0 Å². The lowest BCUT2D eigenvalue weighted by atomic mass is 9.33. The Labute approximate surface area is 579 Å². The number of benzene rings is 14. The molecule has 470 valence electrons. The maximum Gasteiger partial charge on any atom is 0.252 e. The third kappa shape index (κ3) is 9.84. The average Bonchev–Trinajstić information content (AvgIpc) is 1.69. The summed E-state index contributed by atoms with van der Waals surface area (Å²) in [6.45, 7) is 18.4. The monoisotopic (exact) mass is 1260 g/mol. The highest BCUT2D eigenvalue weighted by Gasteiger charge is 2.49. The highest BCUT2D eigenvalue weighted by Crippen LogP contribution is 2.59. The second kappa shape index (κ2) is 23.5. The number of para-hydroxylation sites is 2. The maximum absolute atomic E-state index is 2.70. The van der Waals surface area contributed by atoms with Gasteiger partial charge in [0.15, 0.2) is 0 Å². The van der Waals surface area contributed by atoms with Gasteiger partial charge in [-0.2, -0.15) is 0 Å². The van der Waals surface area contributed by atoms with E-state index in [1.807, 2.05) is 0 Å². The fourth-order valence-electron chi connectivity index (χ4n) is 16.6. The highest BCUT2D eigenvalue weighted by atomic mass is 15.2. The Morgan fingerprint density at radius 3 is 1.29 bits per heavy atom. The van der Waals surface area contributed by atoms with Gasteiger partial charge in [-0.3, -0.25) is 0 Å². The van der Waals surface area contributed by atoms with Crippen LogP contribution < -0.4 is 26.2 Å². The van der Waals surface area contributed by atoms with Crippen LogP contribution in [0.15, 0.2) is 322 Å². The summed E-state index contributed by atoms with van der Waals surface area (Å²) in [4.78, 5) is 5.34. The molecule has 0 aromatic heterocycles. The van der Waals surface area contributed by atoms with Crippen molar-refractivity contribution >= 4 is 57.2 Å². The molecule has 1 aliphatic carbocycles. The Bertz CT molecular complexity index is 5300. The quantitative estimate of drug-likeness (QED) is 0.126. The average molecular weight is 1260 g/mol. The normalized spacial score (nSPS) is 13.3. The lowest BCUT2D eigenvalue weighted by Crippen LogP contribution is -2.61. The first-order valence-electron chi connectivity index (χ1n) is 34.8. The van der Waals surface area contributed by atoms with Crippen LogP contribution in [0.4, 0.5) is 34.1 Å². The maximum atomic E-state index is 2.70. The van der Waals surface area contributed by atoms with Crippen molar-refractivity contribution < 1.29 is 0 Å². The van der Waals surface area contributed by atoms with Gasteiger partial charge in [-0.25, -0.2) is 0 Å². The first-order chi connectivity index (χ1) is 47.7. The molecule has 14 aromatic rings. The van der Waals surface area contributed by atoms with Crippen LogP contribution in [0.3, 0.4) is 0 Å². The number of fused-ring (bicyclic) bond motifs is 7. The predicted molar refractivity (Wildman–Crippen MR) is 417 cm³/mol. The summed E-state index contributed by atoms with van der Waals surface area (Å²) in [5.74, 6) is 0. The van der Waals surface area contributed by atoms with Crippen LogP contribution >= 0.6 is 0 Å². The molecule has 0 saturated heterocycles. The summed E-state index contributed by atoms with van der Waals surface area (Å²) in [5, 5.41) is 0. The standard InChI is InChI=1S/C95H77BN2/c1-62-48-51-75(63(2)54-62)67-49-52-86-83(57-67)96-84-58-68(77-42-29-46-82-90(77)80-41-24-26-45-81(80)95(82,71-36-20-12-21-37-71)72-38-22-13-23-39-72)50-53-87(84)98(92-78(65-32-16-10-17-33-65)43-28-44-79(92)66-34-18-11-19-35-66)89-60-70(69-55-73(93(3,4)5)61-74(56-69)94(6,7)8)59-88(91(89)96)97(86)85-47-27-25-40-76(85)64-30-14-9-15-31-64/h9-61H,1-8H3. The smallest absolute Gasteiger partial charge is 0.252 e. The van der Waals surface area contributed by atoms with Gasteiger partial charge in [-0.15, -0.1) is 0 Å². The van der Waals surface area contributed by atoms with Crippen molar-refractivity contribution in [2.75, 3.05) is 9.80 Å². The van der Waals surface area contributed by atoms with Crippen LogP contribution in [-0.4, -0.2) is 6.71 Å². The first-order valence-corrected chi connectivity index (χ1v) is 34.8. The molecule has 2 nitrogen and oxygen atoms in total. The Hall–Kier alpha value is -11.3. The number of hydrogen-bond donors (Lipinski definition) is 0. The van der Waals surface area contributed by atoms with Crippen LogP contribution in [0, 0.1) is 13.8 Å². The molecule has 98 heavy (non-hydrogen) atoms. The zero-order valence-electron chi connectivity index (χ0n) is 57.1. The van der Waals surface area contributed by atoms with Gasteiger partial charge in [0.05, 0.1) is 16.8 Å². The molecule has 0 N–H and O–H groups in total. The predicted octanol–water partition coefficient (Wildman–Crippen LogP) is 23.3. The summed E-state index contributed by atoms with van der Waals surface area (Å²) >= 11 is 0. The SMILES string of the molecule is Cc1ccc(-c2ccc3c(c2)B2c4cc(-c5cccc6c5-c5ccccc5C6(c5ccccc5)c5ccccc5)ccc4N(c4c(-c5ccccc5)cccc4-c4ccccc4)c4cc(-c5cc(C(C)(C)C)cc(C(C)(C)C)c5)cc(c42)N3c2ccccc2-c2ccccc2)c(C)c1. The van der Waals surface area contributed by atoms with Gasteiger partial charge in [-0.05, 0) is 172 Å². The second-order valence-corrected chi connectivity index (χ2v) is 29.3. The summed E-state index contributed by atoms with van der Waals surface area (Å²) in [6, 6.07) is 122. The summed E-state index contributed by atoms with van der Waals surface area (Å²) in [6.07, 6.45) is 0. The molecule has 0 bridgehead atoms. The minimum absolute atomic E-state index is 0.121. The molecule has 3 heteroatoms. The third-order valence-corrected chi connectivity index (χ3v) is 21.2. The molecule has 0 fully saturated rings. The molecule has 2 heterocycles. The molecule has 0 spiro atoms. The Kier molecular flexibility index (Phi) is 14.5. The number of rotatable bonds is 10.